The Hall–Kier alpha value is -1.30. The Morgan fingerprint density at radius 2 is 2.12 bits per heavy atom. The number of carbonyl (C=O) groups excluding carboxylic acids is 1. The van der Waals surface area contributed by atoms with Crippen LogP contribution in [0, 0.1) is 5.41 Å². The summed E-state index contributed by atoms with van der Waals surface area (Å²) < 4.78 is 0. The van der Waals surface area contributed by atoms with Crippen molar-refractivity contribution in [3.8, 4) is 0 Å². The molecular formula is C10H19N5O. The number of rotatable bonds is 4. The number of tetrazole rings is 1. The van der Waals surface area contributed by atoms with Crippen molar-refractivity contribution in [2.45, 2.75) is 39.7 Å². The SMILES string of the molecule is Cn1nnc(CC(=O)CC(N)C(C)(C)C)n1. The molecule has 6 nitrogen and oxygen atoms in total. The van der Waals surface area contributed by atoms with Crippen LogP contribution in [0.4, 0.5) is 0 Å². The Morgan fingerprint density at radius 1 is 1.50 bits per heavy atom. The van der Waals surface area contributed by atoms with Crippen molar-refractivity contribution in [1.29, 1.82) is 0 Å². The summed E-state index contributed by atoms with van der Waals surface area (Å²) in [6, 6.07) is -0.142. The summed E-state index contributed by atoms with van der Waals surface area (Å²) in [6.45, 7) is 6.06. The molecular weight excluding hydrogens is 206 g/mol. The summed E-state index contributed by atoms with van der Waals surface area (Å²) in [4.78, 5) is 13.0. The molecule has 2 N–H and O–H groups in total. The van der Waals surface area contributed by atoms with Crippen molar-refractivity contribution >= 4 is 5.78 Å². The third kappa shape index (κ3) is 3.69. The summed E-state index contributed by atoms with van der Waals surface area (Å²) in [5.41, 5.74) is 5.86. The molecule has 0 spiro atoms. The maximum absolute atomic E-state index is 11.7. The Bertz CT molecular complexity index is 366. The molecule has 1 unspecified atom stereocenters. The first-order chi connectivity index (χ1) is 7.29. The van der Waals surface area contributed by atoms with E-state index in [1.54, 1.807) is 7.05 Å². The van der Waals surface area contributed by atoms with E-state index < -0.39 is 0 Å². The average Bonchev–Trinajstić information content (AvgIpc) is 2.49. The molecule has 0 aromatic carbocycles. The number of nitrogens with zero attached hydrogens (tertiary/aromatic N) is 4. The number of aryl methyl sites for hydroxylation is 1. The lowest BCUT2D eigenvalue weighted by Crippen LogP contribution is -2.37. The van der Waals surface area contributed by atoms with Crippen LogP contribution in [0.3, 0.4) is 0 Å². The van der Waals surface area contributed by atoms with Gasteiger partial charge in [-0.2, -0.15) is 4.80 Å². The van der Waals surface area contributed by atoms with Crippen molar-refractivity contribution < 1.29 is 4.79 Å². The molecule has 16 heavy (non-hydrogen) atoms. The fraction of sp³-hybridized carbons (Fsp3) is 0.800. The first-order valence-electron chi connectivity index (χ1n) is 5.29. The van der Waals surface area contributed by atoms with E-state index in [2.05, 4.69) is 15.4 Å². The largest absolute Gasteiger partial charge is 0.327 e. The van der Waals surface area contributed by atoms with Gasteiger partial charge in [0.2, 0.25) is 0 Å². The van der Waals surface area contributed by atoms with Crippen LogP contribution < -0.4 is 5.73 Å². The molecule has 0 aliphatic rings. The van der Waals surface area contributed by atoms with Gasteiger partial charge in [-0.1, -0.05) is 20.8 Å². The minimum atomic E-state index is -0.142. The van der Waals surface area contributed by atoms with Crippen molar-refractivity contribution in [2.75, 3.05) is 0 Å². The van der Waals surface area contributed by atoms with Crippen molar-refractivity contribution in [2.24, 2.45) is 18.2 Å². The monoisotopic (exact) mass is 225 g/mol. The van der Waals surface area contributed by atoms with Gasteiger partial charge in [0.15, 0.2) is 5.82 Å². The Balaban J connectivity index is 2.48. The predicted molar refractivity (Wildman–Crippen MR) is 59.6 cm³/mol. The molecule has 0 fully saturated rings. The fourth-order valence-corrected chi connectivity index (χ4v) is 1.19. The first-order valence-corrected chi connectivity index (χ1v) is 5.29. The second-order valence-corrected chi connectivity index (χ2v) is 5.09. The molecule has 0 saturated carbocycles. The molecule has 90 valence electrons. The van der Waals surface area contributed by atoms with Gasteiger partial charge in [-0.3, -0.25) is 4.79 Å². The predicted octanol–water partition coefficient (Wildman–Crippen LogP) is 0.0852. The molecule has 1 aromatic rings. The van der Waals surface area contributed by atoms with Gasteiger partial charge in [0.05, 0.1) is 13.5 Å². The average molecular weight is 225 g/mol. The minimum absolute atomic E-state index is 0.0513. The molecule has 1 aromatic heterocycles. The highest BCUT2D eigenvalue weighted by Crippen LogP contribution is 2.20. The molecule has 0 radical (unpaired) electrons. The lowest BCUT2D eigenvalue weighted by molar-refractivity contribution is -0.119. The Morgan fingerprint density at radius 3 is 2.56 bits per heavy atom. The van der Waals surface area contributed by atoms with E-state index in [0.29, 0.717) is 12.2 Å². The smallest absolute Gasteiger partial charge is 0.182 e. The molecule has 6 heteroatoms. The van der Waals surface area contributed by atoms with Crippen molar-refractivity contribution in [3.05, 3.63) is 5.82 Å². The molecule has 1 rings (SSSR count). The third-order valence-electron chi connectivity index (χ3n) is 2.46. The molecule has 1 atom stereocenters. The second-order valence-electron chi connectivity index (χ2n) is 5.09. The molecule has 0 saturated heterocycles. The number of hydrogen-bond donors (Lipinski definition) is 1. The van der Waals surface area contributed by atoms with Gasteiger partial charge >= 0.3 is 0 Å². The normalized spacial score (nSPS) is 13.8. The molecule has 0 aliphatic carbocycles. The highest BCUT2D eigenvalue weighted by atomic mass is 16.1. The highest BCUT2D eigenvalue weighted by Gasteiger charge is 2.23. The van der Waals surface area contributed by atoms with Crippen LogP contribution in [0.1, 0.15) is 33.0 Å². The van der Waals surface area contributed by atoms with Gasteiger partial charge in [0, 0.05) is 12.5 Å². The van der Waals surface area contributed by atoms with Gasteiger partial charge in [0.1, 0.15) is 5.78 Å². The summed E-state index contributed by atoms with van der Waals surface area (Å²) in [6.07, 6.45) is 0.555. The molecule has 0 aliphatic heterocycles. The fourth-order valence-electron chi connectivity index (χ4n) is 1.19. The second kappa shape index (κ2) is 4.69. The van der Waals surface area contributed by atoms with Crippen LogP contribution in [-0.2, 0) is 18.3 Å². The number of aromatic nitrogens is 4. The van der Waals surface area contributed by atoms with Crippen LogP contribution in [0.25, 0.3) is 0 Å². The molecule has 0 bridgehead atoms. The number of nitrogens with two attached hydrogens (primary N) is 1. The molecule has 1 heterocycles. The summed E-state index contributed by atoms with van der Waals surface area (Å²) in [5, 5.41) is 11.4. The van der Waals surface area contributed by atoms with Crippen LogP contribution >= 0.6 is 0 Å². The standard InChI is InChI=1S/C10H19N5O/c1-10(2,3)8(11)5-7(16)6-9-12-14-15(4)13-9/h8H,5-6,11H2,1-4H3. The summed E-state index contributed by atoms with van der Waals surface area (Å²) in [7, 11) is 1.67. The van der Waals surface area contributed by atoms with Gasteiger partial charge in [0.25, 0.3) is 0 Å². The van der Waals surface area contributed by atoms with Crippen molar-refractivity contribution in [1.82, 2.24) is 20.2 Å². The molecule has 0 amide bonds. The van der Waals surface area contributed by atoms with Crippen LogP contribution in [-0.4, -0.2) is 32.0 Å². The van der Waals surface area contributed by atoms with Crippen LogP contribution in [0.2, 0.25) is 0 Å². The lowest BCUT2D eigenvalue weighted by Gasteiger charge is -2.26. The summed E-state index contributed by atoms with van der Waals surface area (Å²) in [5.74, 6) is 0.504. The van der Waals surface area contributed by atoms with E-state index in [1.165, 1.54) is 4.80 Å². The van der Waals surface area contributed by atoms with Gasteiger partial charge in [-0.05, 0) is 10.6 Å². The first kappa shape index (κ1) is 12.8. The maximum atomic E-state index is 11.7. The Labute approximate surface area is 95.2 Å². The highest BCUT2D eigenvalue weighted by molar-refractivity contribution is 5.80. The van der Waals surface area contributed by atoms with E-state index in [4.69, 9.17) is 5.73 Å². The van der Waals surface area contributed by atoms with Gasteiger partial charge in [-0.25, -0.2) is 0 Å². The quantitative estimate of drug-likeness (QED) is 0.784. The van der Waals surface area contributed by atoms with Crippen molar-refractivity contribution in [3.63, 3.8) is 0 Å². The maximum Gasteiger partial charge on any atom is 0.182 e. The zero-order valence-electron chi connectivity index (χ0n) is 10.3. The van der Waals surface area contributed by atoms with Gasteiger partial charge < -0.3 is 5.73 Å². The summed E-state index contributed by atoms with van der Waals surface area (Å²) >= 11 is 0. The van der Waals surface area contributed by atoms with Crippen LogP contribution in [0.15, 0.2) is 0 Å². The van der Waals surface area contributed by atoms with E-state index in [9.17, 15) is 4.79 Å². The topological polar surface area (TPSA) is 86.7 Å². The number of Topliss-reactive ketones (excluding diaryl/α,β-unsaturated/α-hetero) is 1. The number of hydrogen-bond acceptors (Lipinski definition) is 5. The number of carbonyl (C=O) groups is 1. The van der Waals surface area contributed by atoms with E-state index >= 15 is 0 Å². The van der Waals surface area contributed by atoms with E-state index in [-0.39, 0.29) is 23.7 Å². The van der Waals surface area contributed by atoms with E-state index in [1.807, 2.05) is 20.8 Å². The van der Waals surface area contributed by atoms with Gasteiger partial charge in [-0.15, -0.1) is 10.2 Å². The minimum Gasteiger partial charge on any atom is -0.327 e. The van der Waals surface area contributed by atoms with E-state index in [0.717, 1.165) is 0 Å². The number of ketones is 1. The zero-order chi connectivity index (χ0) is 12.3. The Kier molecular flexibility index (Phi) is 3.74. The zero-order valence-corrected chi connectivity index (χ0v) is 10.3. The third-order valence-corrected chi connectivity index (χ3v) is 2.46. The lowest BCUT2D eigenvalue weighted by atomic mass is 9.84. The van der Waals surface area contributed by atoms with Crippen LogP contribution in [0.5, 0.6) is 0 Å².